The Hall–Kier alpha value is -2.04. The molecule has 10 heteroatoms. The highest BCUT2D eigenvalue weighted by Gasteiger charge is 2.23. The number of hydrogen-bond acceptors (Lipinski definition) is 6. The van der Waals surface area contributed by atoms with Crippen LogP contribution in [0.5, 0.6) is 5.75 Å². The van der Waals surface area contributed by atoms with Crippen LogP contribution < -0.4 is 4.18 Å². The molecule has 0 atom stereocenters. The molecule has 0 bridgehead atoms. The Bertz CT molecular complexity index is 1100. The van der Waals surface area contributed by atoms with Crippen LogP contribution >= 0.6 is 31.9 Å². The average Bonchev–Trinajstić information content (AvgIpc) is 2.59. The summed E-state index contributed by atoms with van der Waals surface area (Å²) in [6, 6.07) is 9.75. The largest absolute Gasteiger partial charge is 0.375 e. The van der Waals surface area contributed by atoms with Gasteiger partial charge in [-0.2, -0.15) is 8.42 Å². The summed E-state index contributed by atoms with van der Waals surface area (Å²) in [7, 11) is -4.29. The van der Waals surface area contributed by atoms with Gasteiger partial charge in [-0.15, -0.1) is 0 Å². The second-order valence-electron chi connectivity index (χ2n) is 4.86. The zero-order chi connectivity index (χ0) is 18.2. The minimum Gasteiger partial charge on any atom is -0.375 e. The van der Waals surface area contributed by atoms with Crippen LogP contribution in [0.25, 0.3) is 10.9 Å². The molecule has 0 aliphatic rings. The number of pyridine rings is 1. The molecule has 0 saturated heterocycles. The predicted molar refractivity (Wildman–Crippen MR) is 98.1 cm³/mol. The van der Waals surface area contributed by atoms with Crippen LogP contribution in [0.4, 0.5) is 5.69 Å². The molecule has 0 spiro atoms. The van der Waals surface area contributed by atoms with Gasteiger partial charge in [0.15, 0.2) is 5.75 Å². The first-order valence-electron chi connectivity index (χ1n) is 6.71. The number of rotatable bonds is 4. The van der Waals surface area contributed by atoms with Gasteiger partial charge in [0, 0.05) is 28.2 Å². The minimum absolute atomic E-state index is 0.00491. The maximum absolute atomic E-state index is 12.6. The topological polar surface area (TPSA) is 99.4 Å². The van der Waals surface area contributed by atoms with E-state index >= 15 is 0 Å². The molecule has 0 N–H and O–H groups in total. The van der Waals surface area contributed by atoms with Gasteiger partial charge in [0.05, 0.1) is 9.40 Å². The van der Waals surface area contributed by atoms with Gasteiger partial charge in [-0.1, -0.05) is 28.1 Å². The molecule has 128 valence electrons. The Balaban J connectivity index is 2.12. The second kappa shape index (κ2) is 6.70. The summed E-state index contributed by atoms with van der Waals surface area (Å²) in [6.45, 7) is 0. The van der Waals surface area contributed by atoms with E-state index in [4.69, 9.17) is 4.18 Å². The average molecular weight is 488 g/mol. The van der Waals surface area contributed by atoms with E-state index < -0.39 is 15.0 Å². The van der Waals surface area contributed by atoms with Crippen molar-refractivity contribution in [1.29, 1.82) is 0 Å². The van der Waals surface area contributed by atoms with Crippen LogP contribution in [-0.2, 0) is 10.1 Å². The number of nitro groups is 1. The van der Waals surface area contributed by atoms with Crippen LogP contribution in [0.15, 0.2) is 62.5 Å². The molecule has 3 aromatic rings. The lowest BCUT2D eigenvalue weighted by Gasteiger charge is -2.12. The van der Waals surface area contributed by atoms with E-state index in [0.717, 1.165) is 6.07 Å². The SMILES string of the molecule is O=[N+]([O-])c1cccc(S(=O)(=O)Oc2c(Br)cc(Br)c3cccnc23)c1. The summed E-state index contributed by atoms with van der Waals surface area (Å²) < 4.78 is 31.4. The van der Waals surface area contributed by atoms with Gasteiger partial charge in [-0.25, -0.2) is 0 Å². The van der Waals surface area contributed by atoms with Crippen molar-refractivity contribution in [3.05, 3.63) is 67.7 Å². The molecule has 0 aliphatic carbocycles. The van der Waals surface area contributed by atoms with Crippen molar-refractivity contribution in [1.82, 2.24) is 4.98 Å². The van der Waals surface area contributed by atoms with Crippen LogP contribution in [-0.4, -0.2) is 18.3 Å². The molecule has 2 aromatic carbocycles. The molecule has 25 heavy (non-hydrogen) atoms. The molecule has 0 radical (unpaired) electrons. The number of non-ortho nitro benzene ring substituents is 1. The van der Waals surface area contributed by atoms with Crippen molar-refractivity contribution < 1.29 is 17.5 Å². The third-order valence-corrected chi connectivity index (χ3v) is 5.72. The lowest BCUT2D eigenvalue weighted by molar-refractivity contribution is -0.385. The van der Waals surface area contributed by atoms with Gasteiger partial charge in [0.1, 0.15) is 10.4 Å². The van der Waals surface area contributed by atoms with E-state index in [-0.39, 0.29) is 16.3 Å². The number of fused-ring (bicyclic) bond motifs is 1. The van der Waals surface area contributed by atoms with Gasteiger partial charge in [0.25, 0.3) is 5.69 Å². The molecule has 3 rings (SSSR count). The Morgan fingerprint density at radius 3 is 2.56 bits per heavy atom. The van der Waals surface area contributed by atoms with Gasteiger partial charge in [-0.3, -0.25) is 15.1 Å². The van der Waals surface area contributed by atoms with Crippen LogP contribution in [0.1, 0.15) is 0 Å². The third kappa shape index (κ3) is 3.51. The Morgan fingerprint density at radius 1 is 1.08 bits per heavy atom. The third-order valence-electron chi connectivity index (χ3n) is 3.26. The van der Waals surface area contributed by atoms with Crippen molar-refractivity contribution in [2.24, 2.45) is 0 Å². The summed E-state index contributed by atoms with van der Waals surface area (Å²) in [6.07, 6.45) is 1.51. The predicted octanol–water partition coefficient (Wildman–Crippen LogP) is 4.44. The molecule has 0 fully saturated rings. The summed E-state index contributed by atoms with van der Waals surface area (Å²) in [5.74, 6) is 0.00491. The lowest BCUT2D eigenvalue weighted by atomic mass is 10.2. The van der Waals surface area contributed by atoms with E-state index in [1.807, 2.05) is 0 Å². The van der Waals surface area contributed by atoms with Gasteiger partial charge in [-0.05, 0) is 34.1 Å². The maximum Gasteiger partial charge on any atom is 0.339 e. The van der Waals surface area contributed by atoms with Gasteiger partial charge in [0.2, 0.25) is 0 Å². The molecule has 0 aliphatic heterocycles. The highest BCUT2D eigenvalue weighted by molar-refractivity contribution is 9.11. The molecule has 0 saturated carbocycles. The number of nitro benzene ring substituents is 1. The van der Waals surface area contributed by atoms with Crippen molar-refractivity contribution in [3.63, 3.8) is 0 Å². The summed E-state index contributed by atoms with van der Waals surface area (Å²) in [5.41, 5.74) is -0.0136. The zero-order valence-electron chi connectivity index (χ0n) is 12.2. The van der Waals surface area contributed by atoms with Gasteiger partial charge < -0.3 is 4.18 Å². The fraction of sp³-hybridized carbons (Fsp3) is 0. The number of benzene rings is 2. The molecule has 7 nitrogen and oxygen atoms in total. The molecular formula is C15H8Br2N2O5S. The Labute approximate surface area is 159 Å². The molecule has 1 heterocycles. The van der Waals surface area contributed by atoms with Crippen molar-refractivity contribution >= 4 is 58.6 Å². The van der Waals surface area contributed by atoms with E-state index in [2.05, 4.69) is 36.8 Å². The summed E-state index contributed by atoms with van der Waals surface area (Å²) in [4.78, 5) is 14.0. The first-order valence-corrected chi connectivity index (χ1v) is 9.71. The number of aromatic nitrogens is 1. The number of nitrogens with zero attached hydrogens (tertiary/aromatic N) is 2. The molecule has 0 unspecified atom stereocenters. The van der Waals surface area contributed by atoms with Crippen LogP contribution in [0, 0.1) is 10.1 Å². The fourth-order valence-electron chi connectivity index (χ4n) is 2.14. The van der Waals surface area contributed by atoms with Crippen molar-refractivity contribution in [3.8, 4) is 5.75 Å². The van der Waals surface area contributed by atoms with Crippen LogP contribution in [0.2, 0.25) is 0 Å². The first kappa shape index (κ1) is 17.8. The molecule has 0 amide bonds. The monoisotopic (exact) mass is 486 g/mol. The standard InChI is InChI=1S/C15H8Br2N2O5S/c16-12-8-13(17)15(14-11(12)5-2-6-18-14)24-25(22,23)10-4-1-3-9(7-10)19(20)21/h1-8H. The van der Waals surface area contributed by atoms with Gasteiger partial charge >= 0.3 is 10.1 Å². The fourth-order valence-corrected chi connectivity index (χ4v) is 4.59. The molecule has 1 aromatic heterocycles. The second-order valence-corrected chi connectivity index (χ2v) is 8.12. The lowest BCUT2D eigenvalue weighted by Crippen LogP contribution is -2.11. The Kier molecular flexibility index (Phi) is 4.76. The minimum atomic E-state index is -4.29. The maximum atomic E-state index is 12.6. The van der Waals surface area contributed by atoms with Crippen LogP contribution in [0.3, 0.4) is 0 Å². The number of hydrogen-bond donors (Lipinski definition) is 0. The Morgan fingerprint density at radius 2 is 1.84 bits per heavy atom. The highest BCUT2D eigenvalue weighted by atomic mass is 79.9. The van der Waals surface area contributed by atoms with Crippen molar-refractivity contribution in [2.75, 3.05) is 0 Å². The van der Waals surface area contributed by atoms with E-state index in [9.17, 15) is 18.5 Å². The highest BCUT2D eigenvalue weighted by Crippen LogP contribution is 2.38. The van der Waals surface area contributed by atoms with E-state index in [1.165, 1.54) is 24.4 Å². The molecular weight excluding hydrogens is 480 g/mol. The zero-order valence-corrected chi connectivity index (χ0v) is 16.2. The normalized spacial score (nSPS) is 11.4. The van der Waals surface area contributed by atoms with E-state index in [1.54, 1.807) is 18.2 Å². The summed E-state index contributed by atoms with van der Waals surface area (Å²) >= 11 is 6.65. The van der Waals surface area contributed by atoms with E-state index in [0.29, 0.717) is 19.8 Å². The van der Waals surface area contributed by atoms with Crippen molar-refractivity contribution in [2.45, 2.75) is 4.90 Å². The quantitative estimate of drug-likeness (QED) is 0.306. The first-order chi connectivity index (χ1) is 11.8. The smallest absolute Gasteiger partial charge is 0.339 e. The summed E-state index contributed by atoms with van der Waals surface area (Å²) in [5, 5.41) is 11.5. The number of halogens is 2.